The molecule has 18 heavy (non-hydrogen) atoms. The fourth-order valence-corrected chi connectivity index (χ4v) is 4.76. The van der Waals surface area contributed by atoms with E-state index in [1.165, 1.54) is 10.4 Å². The van der Waals surface area contributed by atoms with E-state index in [4.69, 9.17) is 16.0 Å². The monoisotopic (exact) mass is 355 g/mol. The zero-order valence-corrected chi connectivity index (χ0v) is 13.2. The van der Waals surface area contributed by atoms with Crippen molar-refractivity contribution >= 4 is 37.6 Å². The number of alkyl halides is 1. The summed E-state index contributed by atoms with van der Waals surface area (Å²) in [6.45, 7) is 0. The Hall–Kier alpha value is -0.0400. The fourth-order valence-electron chi connectivity index (χ4n) is 2.26. The summed E-state index contributed by atoms with van der Waals surface area (Å²) < 4.78 is 31.8. The second kappa shape index (κ2) is 5.53. The molecule has 1 aromatic rings. The maximum absolute atomic E-state index is 12.5. The minimum Gasteiger partial charge on any atom is -0.452 e. The molecule has 1 heterocycles. The topological polar surface area (TPSA) is 50.5 Å². The molecule has 0 aromatic carbocycles. The lowest BCUT2D eigenvalue weighted by Crippen LogP contribution is -2.35. The Morgan fingerprint density at radius 2 is 2.11 bits per heavy atom. The lowest BCUT2D eigenvalue weighted by molar-refractivity contribution is 0.372. The van der Waals surface area contributed by atoms with Crippen molar-refractivity contribution in [2.45, 2.75) is 42.5 Å². The van der Waals surface area contributed by atoms with E-state index < -0.39 is 10.0 Å². The van der Waals surface area contributed by atoms with Crippen molar-refractivity contribution < 1.29 is 12.8 Å². The Morgan fingerprint density at radius 1 is 1.50 bits per heavy atom. The first kappa shape index (κ1) is 14.4. The molecule has 0 radical (unpaired) electrons. The van der Waals surface area contributed by atoms with Crippen molar-refractivity contribution in [2.75, 3.05) is 7.05 Å². The van der Waals surface area contributed by atoms with Gasteiger partial charge in [-0.05, 0) is 28.8 Å². The summed E-state index contributed by atoms with van der Waals surface area (Å²) in [4.78, 5) is 0.160. The van der Waals surface area contributed by atoms with Gasteiger partial charge in [-0.25, -0.2) is 8.42 Å². The Balaban J connectivity index is 2.31. The van der Waals surface area contributed by atoms with Gasteiger partial charge >= 0.3 is 0 Å². The molecule has 1 aromatic heterocycles. The molecule has 0 unspecified atom stereocenters. The van der Waals surface area contributed by atoms with Gasteiger partial charge in [0.25, 0.3) is 0 Å². The highest BCUT2D eigenvalue weighted by Crippen LogP contribution is 2.32. The quantitative estimate of drug-likeness (QED) is 0.777. The number of furan rings is 1. The van der Waals surface area contributed by atoms with Crippen molar-refractivity contribution in [1.82, 2.24) is 4.31 Å². The van der Waals surface area contributed by atoms with Gasteiger partial charge < -0.3 is 4.42 Å². The average molecular weight is 357 g/mol. The van der Waals surface area contributed by atoms with Gasteiger partial charge in [0, 0.05) is 19.2 Å². The number of nitrogens with zero attached hydrogens (tertiary/aromatic N) is 1. The van der Waals surface area contributed by atoms with E-state index in [1.54, 1.807) is 7.05 Å². The van der Waals surface area contributed by atoms with Crippen LogP contribution in [-0.4, -0.2) is 25.8 Å². The second-order valence-corrected chi connectivity index (χ2v) is 7.40. The lowest BCUT2D eigenvalue weighted by atomic mass is 10.3. The summed E-state index contributed by atoms with van der Waals surface area (Å²) in [5, 5.41) is 0. The first-order valence-electron chi connectivity index (χ1n) is 5.79. The van der Waals surface area contributed by atoms with Crippen molar-refractivity contribution in [3.63, 3.8) is 0 Å². The number of halogens is 2. The first-order valence-corrected chi connectivity index (χ1v) is 8.55. The number of hydrogen-bond acceptors (Lipinski definition) is 3. The van der Waals surface area contributed by atoms with Crippen LogP contribution in [0, 0.1) is 0 Å². The predicted octanol–water partition coefficient (Wildman–Crippen LogP) is 3.34. The smallest absolute Gasteiger partial charge is 0.247 e. The van der Waals surface area contributed by atoms with Crippen LogP contribution in [0.2, 0.25) is 0 Å². The minimum absolute atomic E-state index is 0.0938. The molecule has 2 rings (SSSR count). The number of sulfonamides is 1. The van der Waals surface area contributed by atoms with E-state index in [9.17, 15) is 8.42 Å². The zero-order chi connectivity index (χ0) is 13.3. The molecule has 0 amide bonds. The van der Waals surface area contributed by atoms with Crippen LogP contribution in [0.4, 0.5) is 0 Å². The van der Waals surface area contributed by atoms with Crippen molar-refractivity contribution in [3.8, 4) is 0 Å². The molecule has 0 atom stereocenters. The highest BCUT2D eigenvalue weighted by Gasteiger charge is 2.33. The summed E-state index contributed by atoms with van der Waals surface area (Å²) in [5.41, 5.74) is 0. The van der Waals surface area contributed by atoms with Crippen LogP contribution in [0.15, 0.2) is 20.0 Å². The molecule has 1 saturated carbocycles. The molecule has 7 heteroatoms. The molecule has 1 aliphatic carbocycles. The lowest BCUT2D eigenvalue weighted by Gasteiger charge is -2.22. The molecule has 0 bridgehead atoms. The van der Waals surface area contributed by atoms with Crippen LogP contribution in [0.5, 0.6) is 0 Å². The van der Waals surface area contributed by atoms with Crippen molar-refractivity contribution in [2.24, 2.45) is 0 Å². The van der Waals surface area contributed by atoms with E-state index in [0.717, 1.165) is 25.7 Å². The van der Waals surface area contributed by atoms with Gasteiger partial charge in [-0.1, -0.05) is 12.8 Å². The van der Waals surface area contributed by atoms with E-state index in [0.29, 0.717) is 5.76 Å². The Morgan fingerprint density at radius 3 is 2.61 bits per heavy atom. The summed E-state index contributed by atoms with van der Waals surface area (Å²) >= 11 is 8.79. The summed E-state index contributed by atoms with van der Waals surface area (Å²) in [6, 6.07) is 1.58. The normalized spacial score (nSPS) is 17.8. The van der Waals surface area contributed by atoms with Gasteiger partial charge in [0.05, 0.1) is 5.88 Å². The third kappa shape index (κ3) is 2.61. The van der Waals surface area contributed by atoms with Crippen LogP contribution in [0.25, 0.3) is 0 Å². The molecule has 1 aliphatic rings. The maximum atomic E-state index is 12.5. The van der Waals surface area contributed by atoms with Crippen molar-refractivity contribution in [1.29, 1.82) is 0 Å². The average Bonchev–Trinajstić information content (AvgIpc) is 2.96. The molecular formula is C11H15BrClNO3S. The minimum atomic E-state index is -3.51. The van der Waals surface area contributed by atoms with Crippen LogP contribution < -0.4 is 0 Å². The first-order chi connectivity index (χ1) is 8.46. The molecule has 0 spiro atoms. The van der Waals surface area contributed by atoms with Gasteiger partial charge in [0.15, 0.2) is 4.67 Å². The fraction of sp³-hybridized carbons (Fsp3) is 0.636. The summed E-state index contributed by atoms with van der Waals surface area (Å²) in [5.74, 6) is 0.600. The van der Waals surface area contributed by atoms with Crippen LogP contribution in [0.1, 0.15) is 31.4 Å². The standard InChI is InChI=1S/C11H15BrClNO3S/c1-14(8-4-2-3-5-8)18(15,16)10-6-9(7-13)17-11(10)12/h6,8H,2-5,7H2,1H3. The molecule has 0 saturated heterocycles. The molecule has 0 aliphatic heterocycles. The summed E-state index contributed by atoms with van der Waals surface area (Å²) in [7, 11) is -1.88. The van der Waals surface area contributed by atoms with Gasteiger partial charge in [-0.2, -0.15) is 4.31 Å². The van der Waals surface area contributed by atoms with Crippen LogP contribution in [0.3, 0.4) is 0 Å². The third-order valence-corrected chi connectivity index (χ3v) is 6.36. The molecular weight excluding hydrogens is 342 g/mol. The molecule has 1 fully saturated rings. The Kier molecular flexibility index (Phi) is 4.41. The molecule has 0 N–H and O–H groups in total. The van der Waals surface area contributed by atoms with Crippen molar-refractivity contribution in [3.05, 3.63) is 16.5 Å². The SMILES string of the molecule is CN(C1CCCC1)S(=O)(=O)c1cc(CCl)oc1Br. The highest BCUT2D eigenvalue weighted by atomic mass is 79.9. The Labute approximate surface area is 120 Å². The van der Waals surface area contributed by atoms with Gasteiger partial charge in [0.2, 0.25) is 10.0 Å². The van der Waals surface area contributed by atoms with E-state index >= 15 is 0 Å². The predicted molar refractivity (Wildman–Crippen MR) is 73.2 cm³/mol. The van der Waals surface area contributed by atoms with E-state index in [1.807, 2.05) is 0 Å². The molecule has 102 valence electrons. The number of rotatable bonds is 4. The second-order valence-electron chi connectivity index (χ2n) is 4.44. The Bertz CT molecular complexity index is 522. The van der Waals surface area contributed by atoms with Gasteiger partial charge in [-0.15, -0.1) is 11.6 Å². The maximum Gasteiger partial charge on any atom is 0.247 e. The van der Waals surface area contributed by atoms with Gasteiger partial charge in [-0.3, -0.25) is 0 Å². The van der Waals surface area contributed by atoms with Crippen LogP contribution in [-0.2, 0) is 15.9 Å². The zero-order valence-electron chi connectivity index (χ0n) is 10.0. The van der Waals surface area contributed by atoms with Crippen LogP contribution >= 0.6 is 27.5 Å². The number of hydrogen-bond donors (Lipinski definition) is 0. The third-order valence-electron chi connectivity index (χ3n) is 3.33. The summed E-state index contributed by atoms with van der Waals surface area (Å²) in [6.07, 6.45) is 4.02. The molecule has 4 nitrogen and oxygen atoms in total. The largest absolute Gasteiger partial charge is 0.452 e. The van der Waals surface area contributed by atoms with E-state index in [-0.39, 0.29) is 21.5 Å². The van der Waals surface area contributed by atoms with E-state index in [2.05, 4.69) is 15.9 Å². The highest BCUT2D eigenvalue weighted by molar-refractivity contribution is 9.10. The van der Waals surface area contributed by atoms with Gasteiger partial charge in [0.1, 0.15) is 10.7 Å².